The summed E-state index contributed by atoms with van der Waals surface area (Å²) in [6.45, 7) is 0.345. The highest BCUT2D eigenvalue weighted by atomic mass is 35.5. The zero-order chi connectivity index (χ0) is 13.0. The quantitative estimate of drug-likeness (QED) is 0.849. The highest BCUT2D eigenvalue weighted by Crippen LogP contribution is 2.27. The summed E-state index contributed by atoms with van der Waals surface area (Å²) in [6, 6.07) is 12.5. The Morgan fingerprint density at radius 1 is 1.17 bits per heavy atom. The summed E-state index contributed by atoms with van der Waals surface area (Å²) in [7, 11) is 0. The Bertz CT molecular complexity index is 545. The molecule has 0 aliphatic heterocycles. The minimum atomic E-state index is -0.250. The van der Waals surface area contributed by atoms with Crippen LogP contribution in [-0.2, 0) is 12.3 Å². The molecule has 0 aliphatic carbocycles. The minimum Gasteiger partial charge on any atom is -0.326 e. The molecule has 0 unspecified atom stereocenters. The molecule has 1 nitrogen and oxygen atoms in total. The standard InChI is InChI=1S/C14H13ClFNS/c15-14-4-2-1-3-11(14)9-18-13-6-10(8-17)5-12(16)7-13/h1-7H,8-9,17H2. The Kier molecular flexibility index (Phi) is 4.64. The maximum absolute atomic E-state index is 13.3. The maximum Gasteiger partial charge on any atom is 0.124 e. The van der Waals surface area contributed by atoms with Gasteiger partial charge in [-0.2, -0.15) is 0 Å². The molecule has 0 atom stereocenters. The van der Waals surface area contributed by atoms with Crippen molar-refractivity contribution >= 4 is 23.4 Å². The molecule has 0 bridgehead atoms. The molecule has 0 radical (unpaired) electrons. The molecule has 0 aliphatic rings. The minimum absolute atomic E-state index is 0.250. The van der Waals surface area contributed by atoms with E-state index >= 15 is 0 Å². The number of hydrogen-bond acceptors (Lipinski definition) is 2. The van der Waals surface area contributed by atoms with E-state index in [0.717, 1.165) is 21.0 Å². The largest absolute Gasteiger partial charge is 0.326 e. The van der Waals surface area contributed by atoms with Crippen LogP contribution in [0.3, 0.4) is 0 Å². The van der Waals surface area contributed by atoms with Crippen LogP contribution in [0.1, 0.15) is 11.1 Å². The van der Waals surface area contributed by atoms with Crippen LogP contribution in [0.15, 0.2) is 47.4 Å². The van der Waals surface area contributed by atoms with Crippen molar-refractivity contribution < 1.29 is 4.39 Å². The lowest BCUT2D eigenvalue weighted by Crippen LogP contribution is -1.97. The second kappa shape index (κ2) is 6.23. The van der Waals surface area contributed by atoms with Crippen LogP contribution in [0.25, 0.3) is 0 Å². The average molecular weight is 282 g/mol. The summed E-state index contributed by atoms with van der Waals surface area (Å²) in [5.74, 6) is 0.465. The van der Waals surface area contributed by atoms with Crippen LogP contribution in [-0.4, -0.2) is 0 Å². The van der Waals surface area contributed by atoms with Crippen LogP contribution >= 0.6 is 23.4 Å². The molecular weight excluding hydrogens is 269 g/mol. The smallest absolute Gasteiger partial charge is 0.124 e. The van der Waals surface area contributed by atoms with Crippen LogP contribution < -0.4 is 5.73 Å². The van der Waals surface area contributed by atoms with Crippen molar-refractivity contribution in [3.8, 4) is 0 Å². The number of halogens is 2. The van der Waals surface area contributed by atoms with Gasteiger partial charge in [0.05, 0.1) is 0 Å². The van der Waals surface area contributed by atoms with Crippen molar-refractivity contribution in [1.29, 1.82) is 0 Å². The Labute approximate surface area is 115 Å². The lowest BCUT2D eigenvalue weighted by molar-refractivity contribution is 0.621. The Balaban J connectivity index is 2.11. The second-order valence-electron chi connectivity index (χ2n) is 3.88. The van der Waals surface area contributed by atoms with Gasteiger partial charge in [0.2, 0.25) is 0 Å². The summed E-state index contributed by atoms with van der Waals surface area (Å²) in [5, 5.41) is 0.737. The molecule has 4 heteroatoms. The number of nitrogens with two attached hydrogens (primary N) is 1. The topological polar surface area (TPSA) is 26.0 Å². The molecule has 0 amide bonds. The van der Waals surface area contributed by atoms with Crippen LogP contribution in [0.2, 0.25) is 5.02 Å². The first kappa shape index (κ1) is 13.4. The number of hydrogen-bond donors (Lipinski definition) is 1. The third kappa shape index (κ3) is 3.48. The van der Waals surface area contributed by atoms with Crippen LogP contribution in [0.5, 0.6) is 0 Å². The van der Waals surface area contributed by atoms with Gasteiger partial charge in [0.25, 0.3) is 0 Å². The molecular formula is C14H13ClFNS. The molecule has 0 fully saturated rings. The number of benzene rings is 2. The van der Waals surface area contributed by atoms with Gasteiger partial charge < -0.3 is 5.73 Å². The fourth-order valence-electron chi connectivity index (χ4n) is 1.60. The van der Waals surface area contributed by atoms with E-state index in [2.05, 4.69) is 0 Å². The monoisotopic (exact) mass is 281 g/mol. The van der Waals surface area contributed by atoms with Gasteiger partial charge in [-0.15, -0.1) is 11.8 Å². The zero-order valence-electron chi connectivity index (χ0n) is 9.70. The molecule has 2 aromatic rings. The van der Waals surface area contributed by atoms with Gasteiger partial charge in [0.15, 0.2) is 0 Å². The summed E-state index contributed by atoms with van der Waals surface area (Å²) >= 11 is 7.62. The third-order valence-corrected chi connectivity index (χ3v) is 3.91. The Morgan fingerprint density at radius 2 is 1.94 bits per heavy atom. The van der Waals surface area contributed by atoms with Crippen molar-refractivity contribution in [2.24, 2.45) is 5.73 Å². The van der Waals surface area contributed by atoms with E-state index in [0.29, 0.717) is 12.3 Å². The summed E-state index contributed by atoms with van der Waals surface area (Å²) < 4.78 is 13.3. The number of thioether (sulfide) groups is 1. The molecule has 94 valence electrons. The lowest BCUT2D eigenvalue weighted by atomic mass is 10.2. The third-order valence-electron chi connectivity index (χ3n) is 2.52. The fourth-order valence-corrected chi connectivity index (χ4v) is 2.88. The van der Waals surface area contributed by atoms with Crippen LogP contribution in [0.4, 0.5) is 4.39 Å². The highest BCUT2D eigenvalue weighted by molar-refractivity contribution is 7.98. The molecule has 0 saturated carbocycles. The Morgan fingerprint density at radius 3 is 2.67 bits per heavy atom. The van der Waals surface area contributed by atoms with Gasteiger partial charge in [-0.3, -0.25) is 0 Å². The molecule has 2 rings (SSSR count). The molecule has 18 heavy (non-hydrogen) atoms. The van der Waals surface area contributed by atoms with Gasteiger partial charge in [0.1, 0.15) is 5.82 Å². The van der Waals surface area contributed by atoms with E-state index in [9.17, 15) is 4.39 Å². The summed E-state index contributed by atoms with van der Waals surface area (Å²) in [4.78, 5) is 0.871. The zero-order valence-corrected chi connectivity index (χ0v) is 11.3. The van der Waals surface area contributed by atoms with Crippen molar-refractivity contribution in [2.75, 3.05) is 0 Å². The predicted molar refractivity (Wildman–Crippen MR) is 75.3 cm³/mol. The van der Waals surface area contributed by atoms with Crippen molar-refractivity contribution in [3.63, 3.8) is 0 Å². The second-order valence-corrected chi connectivity index (χ2v) is 5.34. The Hall–Kier alpha value is -1.03. The molecule has 2 N–H and O–H groups in total. The van der Waals surface area contributed by atoms with Gasteiger partial charge in [-0.05, 0) is 35.4 Å². The maximum atomic E-state index is 13.3. The highest BCUT2D eigenvalue weighted by Gasteiger charge is 2.03. The van der Waals surface area contributed by atoms with E-state index in [-0.39, 0.29) is 5.82 Å². The molecule has 0 aromatic heterocycles. The van der Waals surface area contributed by atoms with Crippen molar-refractivity contribution in [1.82, 2.24) is 0 Å². The van der Waals surface area contributed by atoms with Crippen molar-refractivity contribution in [3.05, 3.63) is 64.4 Å². The van der Waals surface area contributed by atoms with Gasteiger partial charge in [0, 0.05) is 22.2 Å². The molecule has 0 saturated heterocycles. The molecule has 2 aromatic carbocycles. The van der Waals surface area contributed by atoms with E-state index in [1.54, 1.807) is 11.8 Å². The molecule has 0 heterocycles. The number of rotatable bonds is 4. The fraction of sp³-hybridized carbons (Fsp3) is 0.143. The normalized spacial score (nSPS) is 10.6. The van der Waals surface area contributed by atoms with Gasteiger partial charge in [-0.25, -0.2) is 4.39 Å². The SMILES string of the molecule is NCc1cc(F)cc(SCc2ccccc2Cl)c1. The summed E-state index contributed by atoms with van der Waals surface area (Å²) in [6.07, 6.45) is 0. The summed E-state index contributed by atoms with van der Waals surface area (Å²) in [5.41, 5.74) is 7.37. The van der Waals surface area contributed by atoms with E-state index < -0.39 is 0 Å². The predicted octanol–water partition coefficient (Wildman–Crippen LogP) is 4.23. The van der Waals surface area contributed by atoms with E-state index in [1.807, 2.05) is 30.3 Å². The average Bonchev–Trinajstić information content (AvgIpc) is 2.37. The lowest BCUT2D eigenvalue weighted by Gasteiger charge is -2.06. The first-order chi connectivity index (χ1) is 8.69. The molecule has 0 spiro atoms. The van der Waals surface area contributed by atoms with E-state index in [4.69, 9.17) is 17.3 Å². The van der Waals surface area contributed by atoms with Gasteiger partial charge >= 0.3 is 0 Å². The van der Waals surface area contributed by atoms with E-state index in [1.165, 1.54) is 12.1 Å². The first-order valence-electron chi connectivity index (χ1n) is 5.55. The first-order valence-corrected chi connectivity index (χ1v) is 6.91. The van der Waals surface area contributed by atoms with Gasteiger partial charge in [-0.1, -0.05) is 29.8 Å². The van der Waals surface area contributed by atoms with Crippen LogP contribution in [0, 0.1) is 5.82 Å². The van der Waals surface area contributed by atoms with Crippen molar-refractivity contribution in [2.45, 2.75) is 17.2 Å².